The van der Waals surface area contributed by atoms with Crippen molar-refractivity contribution in [2.24, 2.45) is 17.3 Å². The van der Waals surface area contributed by atoms with Gasteiger partial charge in [-0.15, -0.1) is 0 Å². The number of nitrogen functional groups attached to an aromatic ring is 1. The van der Waals surface area contributed by atoms with Crippen LogP contribution in [0.5, 0.6) is 5.75 Å². The van der Waals surface area contributed by atoms with Crippen molar-refractivity contribution in [1.82, 2.24) is 4.90 Å². The van der Waals surface area contributed by atoms with E-state index < -0.39 is 0 Å². The third-order valence-electron chi connectivity index (χ3n) is 4.33. The number of ether oxygens (including phenoxy) is 1. The molecule has 0 bridgehead atoms. The Labute approximate surface area is 117 Å². The molecule has 0 radical (unpaired) electrons. The maximum Gasteiger partial charge on any atom is 0.233 e. The Kier molecular flexibility index (Phi) is 2.74. The van der Waals surface area contributed by atoms with E-state index in [1.54, 1.807) is 24.3 Å². The number of anilines is 1. The fourth-order valence-electron chi connectivity index (χ4n) is 3.08. The number of hydrogen-bond acceptors (Lipinski definition) is 4. The lowest BCUT2D eigenvalue weighted by atomic mass is 10.1. The molecule has 3 rings (SSSR count). The summed E-state index contributed by atoms with van der Waals surface area (Å²) < 4.78 is 5.52. The average Bonchev–Trinajstić information content (AvgIpc) is 2.85. The molecule has 0 aromatic heterocycles. The van der Waals surface area contributed by atoms with Crippen LogP contribution < -0.4 is 10.5 Å². The molecule has 5 heteroatoms. The van der Waals surface area contributed by atoms with Crippen LogP contribution in [0.1, 0.15) is 13.8 Å². The average molecular weight is 274 g/mol. The highest BCUT2D eigenvalue weighted by molar-refractivity contribution is 6.10. The maximum atomic E-state index is 12.1. The minimum absolute atomic E-state index is 0.0545. The van der Waals surface area contributed by atoms with Crippen molar-refractivity contribution in [3.63, 3.8) is 0 Å². The highest BCUT2D eigenvalue weighted by Crippen LogP contribution is 2.63. The van der Waals surface area contributed by atoms with Crippen LogP contribution in [0.4, 0.5) is 5.69 Å². The third kappa shape index (κ3) is 1.85. The van der Waals surface area contributed by atoms with Gasteiger partial charge in [0.2, 0.25) is 11.8 Å². The van der Waals surface area contributed by atoms with E-state index in [2.05, 4.69) is 0 Å². The van der Waals surface area contributed by atoms with Crippen LogP contribution >= 0.6 is 0 Å². The summed E-state index contributed by atoms with van der Waals surface area (Å²) in [6, 6.07) is 7.09. The summed E-state index contributed by atoms with van der Waals surface area (Å²) in [5.74, 6) is 0.293. The Morgan fingerprint density at radius 1 is 1.25 bits per heavy atom. The predicted molar refractivity (Wildman–Crippen MR) is 73.8 cm³/mol. The highest BCUT2D eigenvalue weighted by atomic mass is 16.5. The van der Waals surface area contributed by atoms with Gasteiger partial charge in [0.25, 0.3) is 0 Å². The molecule has 106 valence electrons. The van der Waals surface area contributed by atoms with Crippen LogP contribution in [-0.2, 0) is 9.59 Å². The van der Waals surface area contributed by atoms with Crippen molar-refractivity contribution in [3.8, 4) is 5.75 Å². The van der Waals surface area contributed by atoms with Crippen molar-refractivity contribution >= 4 is 17.5 Å². The standard InChI is InChI=1S/C15H18N2O3/c1-15(2)11-12(15)14(19)17(13(11)18)6-7-20-10-5-3-4-9(16)8-10/h3-5,8,11-12H,6-7,16H2,1-2H3. The van der Waals surface area contributed by atoms with Crippen molar-refractivity contribution in [1.29, 1.82) is 0 Å². The van der Waals surface area contributed by atoms with E-state index in [-0.39, 0.29) is 29.1 Å². The normalized spacial score (nSPS) is 26.6. The third-order valence-corrected chi connectivity index (χ3v) is 4.33. The molecule has 2 aliphatic rings. The Balaban J connectivity index is 1.56. The lowest BCUT2D eigenvalue weighted by Crippen LogP contribution is -2.38. The van der Waals surface area contributed by atoms with Gasteiger partial charge in [-0.1, -0.05) is 19.9 Å². The number of carbonyl (C=O) groups is 2. The minimum Gasteiger partial charge on any atom is -0.492 e. The topological polar surface area (TPSA) is 72.6 Å². The largest absolute Gasteiger partial charge is 0.492 e. The number of nitrogens with two attached hydrogens (primary N) is 1. The molecule has 2 unspecified atom stereocenters. The van der Waals surface area contributed by atoms with Gasteiger partial charge in [0.1, 0.15) is 12.4 Å². The van der Waals surface area contributed by atoms with Crippen molar-refractivity contribution in [3.05, 3.63) is 24.3 Å². The molecule has 1 aliphatic heterocycles. The van der Waals surface area contributed by atoms with E-state index in [4.69, 9.17) is 10.5 Å². The number of fused-ring (bicyclic) bond motifs is 1. The number of amides is 2. The van der Waals surface area contributed by atoms with Crippen LogP contribution in [0.25, 0.3) is 0 Å². The quantitative estimate of drug-likeness (QED) is 0.663. The monoisotopic (exact) mass is 274 g/mol. The van der Waals surface area contributed by atoms with Gasteiger partial charge in [0, 0.05) is 11.8 Å². The number of benzene rings is 1. The van der Waals surface area contributed by atoms with E-state index in [0.717, 1.165) is 0 Å². The molecule has 5 nitrogen and oxygen atoms in total. The number of imide groups is 1. The summed E-state index contributed by atoms with van der Waals surface area (Å²) in [6.45, 7) is 4.54. The van der Waals surface area contributed by atoms with Gasteiger partial charge in [-0.25, -0.2) is 0 Å². The molecule has 1 saturated heterocycles. The first kappa shape index (κ1) is 13.0. The molecular weight excluding hydrogens is 256 g/mol. The summed E-state index contributed by atoms with van der Waals surface area (Å²) in [6.07, 6.45) is 0. The van der Waals surface area contributed by atoms with Gasteiger partial charge < -0.3 is 10.5 Å². The molecule has 2 atom stereocenters. The maximum absolute atomic E-state index is 12.1. The van der Waals surface area contributed by atoms with E-state index in [0.29, 0.717) is 24.6 Å². The first-order valence-corrected chi connectivity index (χ1v) is 6.76. The lowest BCUT2D eigenvalue weighted by Gasteiger charge is -2.20. The zero-order valence-corrected chi connectivity index (χ0v) is 11.6. The fraction of sp³-hybridized carbons (Fsp3) is 0.467. The van der Waals surface area contributed by atoms with Gasteiger partial charge >= 0.3 is 0 Å². The summed E-state index contributed by atoms with van der Waals surface area (Å²) in [5.41, 5.74) is 6.12. The van der Waals surface area contributed by atoms with E-state index in [1.165, 1.54) is 4.90 Å². The van der Waals surface area contributed by atoms with E-state index in [9.17, 15) is 9.59 Å². The molecule has 2 fully saturated rings. The molecule has 2 amide bonds. The van der Waals surface area contributed by atoms with Crippen molar-refractivity contribution < 1.29 is 14.3 Å². The molecule has 1 aromatic carbocycles. The number of piperidine rings is 1. The van der Waals surface area contributed by atoms with Gasteiger partial charge in [-0.2, -0.15) is 0 Å². The second-order valence-corrected chi connectivity index (χ2v) is 6.03. The van der Waals surface area contributed by atoms with Crippen LogP contribution in [0, 0.1) is 17.3 Å². The summed E-state index contributed by atoms with van der Waals surface area (Å²) in [5, 5.41) is 0. The van der Waals surface area contributed by atoms with Crippen LogP contribution in [-0.4, -0.2) is 29.9 Å². The number of hydrogen-bond donors (Lipinski definition) is 1. The molecule has 1 saturated carbocycles. The number of carbonyl (C=O) groups excluding carboxylic acids is 2. The summed E-state index contributed by atoms with van der Waals surface area (Å²) in [7, 11) is 0. The van der Waals surface area contributed by atoms with Crippen molar-refractivity contribution in [2.75, 3.05) is 18.9 Å². The second kappa shape index (κ2) is 4.23. The van der Waals surface area contributed by atoms with Gasteiger partial charge in [-0.05, 0) is 17.5 Å². The smallest absolute Gasteiger partial charge is 0.233 e. The number of likely N-dealkylation sites (tertiary alicyclic amines) is 1. The van der Waals surface area contributed by atoms with Gasteiger partial charge in [-0.3, -0.25) is 14.5 Å². The fourth-order valence-corrected chi connectivity index (χ4v) is 3.08. The predicted octanol–water partition coefficient (Wildman–Crippen LogP) is 1.29. The van der Waals surface area contributed by atoms with E-state index in [1.807, 2.05) is 13.8 Å². The Bertz CT molecular complexity index is 558. The van der Waals surface area contributed by atoms with Crippen LogP contribution in [0.15, 0.2) is 24.3 Å². The Morgan fingerprint density at radius 3 is 2.50 bits per heavy atom. The highest BCUT2D eigenvalue weighted by Gasteiger charge is 2.72. The molecule has 2 N–H and O–H groups in total. The summed E-state index contributed by atoms with van der Waals surface area (Å²) >= 11 is 0. The van der Waals surface area contributed by atoms with Crippen molar-refractivity contribution in [2.45, 2.75) is 13.8 Å². The SMILES string of the molecule is CC1(C)C2C(=O)N(CCOc3cccc(N)c3)C(=O)C21. The second-order valence-electron chi connectivity index (χ2n) is 6.03. The molecule has 20 heavy (non-hydrogen) atoms. The Morgan fingerprint density at radius 2 is 1.90 bits per heavy atom. The minimum atomic E-state index is -0.153. The van der Waals surface area contributed by atoms with Gasteiger partial charge in [0.15, 0.2) is 0 Å². The number of rotatable bonds is 4. The zero-order valence-electron chi connectivity index (χ0n) is 11.6. The van der Waals surface area contributed by atoms with Crippen LogP contribution in [0.2, 0.25) is 0 Å². The first-order chi connectivity index (χ1) is 9.43. The number of nitrogens with zero attached hydrogens (tertiary/aromatic N) is 1. The summed E-state index contributed by atoms with van der Waals surface area (Å²) in [4.78, 5) is 25.5. The molecule has 1 aliphatic carbocycles. The van der Waals surface area contributed by atoms with E-state index >= 15 is 0 Å². The molecule has 1 aromatic rings. The van der Waals surface area contributed by atoms with Crippen LogP contribution in [0.3, 0.4) is 0 Å². The Hall–Kier alpha value is -2.04. The first-order valence-electron chi connectivity index (χ1n) is 6.76. The molecular formula is C15H18N2O3. The lowest BCUT2D eigenvalue weighted by molar-refractivity contribution is -0.143. The zero-order chi connectivity index (χ0) is 14.5. The van der Waals surface area contributed by atoms with Gasteiger partial charge in [0.05, 0.1) is 18.4 Å². The molecule has 1 heterocycles. The molecule has 0 spiro atoms.